The van der Waals surface area contributed by atoms with E-state index in [1.807, 2.05) is 0 Å². The van der Waals surface area contributed by atoms with E-state index in [9.17, 15) is 28.5 Å². The summed E-state index contributed by atoms with van der Waals surface area (Å²) in [5, 5.41) is 14.7. The van der Waals surface area contributed by atoms with Gasteiger partial charge < -0.3 is 10.1 Å². The van der Waals surface area contributed by atoms with E-state index in [0.717, 1.165) is 4.57 Å². The van der Waals surface area contributed by atoms with E-state index >= 15 is 0 Å². The standard InChI is InChI=1S/C25H29FN6O4S.C6H11NO2/c1-14(2)29-23(34)25(4,5)31-20(33)19-15(3)21(32-27-10-11-28-32)37-22(19)30(24(31)35)12-9-16-13-17(26)7-8-18(16)36-6;1-5(8)6(2,3)4-7-9/h7-8,10-11,13-14H,9,12H2,1-6H3,(H,29,34);4H2,1-3H3. The molecule has 0 saturated heterocycles. The normalized spacial score (nSPS) is 11.7. The number of halogens is 1. The molecule has 0 saturated carbocycles. The number of fused-ring (bicyclic) bond motifs is 1. The number of hydrogen-bond acceptors (Lipinski definition) is 10. The highest BCUT2D eigenvalue weighted by molar-refractivity contribution is 7.21. The second kappa shape index (κ2) is 14.3. The zero-order valence-corrected chi connectivity index (χ0v) is 28.3. The van der Waals surface area contributed by atoms with Gasteiger partial charge in [0.15, 0.2) is 0 Å². The number of ether oxygens (including phenoxy) is 1. The molecule has 3 aromatic heterocycles. The van der Waals surface area contributed by atoms with Gasteiger partial charge in [-0.1, -0.05) is 30.4 Å². The van der Waals surface area contributed by atoms with Gasteiger partial charge in [-0.25, -0.2) is 13.8 Å². The first-order valence-electron chi connectivity index (χ1n) is 14.6. The monoisotopic (exact) mass is 657 g/mol. The minimum atomic E-state index is -1.48. The molecule has 1 aromatic carbocycles. The molecule has 1 N–H and O–H groups in total. The molecule has 46 heavy (non-hydrogen) atoms. The number of nitrogens with one attached hydrogen (secondary N) is 1. The number of hydrogen-bond donors (Lipinski definition) is 1. The van der Waals surface area contributed by atoms with Gasteiger partial charge in [0.1, 0.15) is 32.7 Å². The molecule has 4 aromatic rings. The van der Waals surface area contributed by atoms with Crippen molar-refractivity contribution in [1.82, 2.24) is 29.4 Å². The maximum atomic E-state index is 14.0. The molecule has 0 bridgehead atoms. The van der Waals surface area contributed by atoms with Crippen LogP contribution in [0.2, 0.25) is 0 Å². The van der Waals surface area contributed by atoms with Crippen LogP contribution >= 0.6 is 11.3 Å². The molecule has 1 amide bonds. The Hall–Kier alpha value is -4.53. The summed E-state index contributed by atoms with van der Waals surface area (Å²) in [5.41, 5.74) is -2.11. The van der Waals surface area contributed by atoms with Crippen molar-refractivity contribution in [2.45, 2.75) is 79.9 Å². The van der Waals surface area contributed by atoms with E-state index < -0.39 is 33.9 Å². The summed E-state index contributed by atoms with van der Waals surface area (Å²) in [5.74, 6) is -0.397. The molecule has 248 valence electrons. The van der Waals surface area contributed by atoms with E-state index in [0.29, 0.717) is 32.1 Å². The molecule has 0 aliphatic carbocycles. The Bertz CT molecular complexity index is 1860. The number of methoxy groups -OCH3 is 1. The predicted octanol–water partition coefficient (Wildman–Crippen LogP) is 4.13. The fourth-order valence-corrected chi connectivity index (χ4v) is 5.76. The van der Waals surface area contributed by atoms with Crippen molar-refractivity contribution < 1.29 is 18.7 Å². The van der Waals surface area contributed by atoms with Crippen molar-refractivity contribution in [2.24, 2.45) is 10.6 Å². The largest absolute Gasteiger partial charge is 0.496 e. The quantitative estimate of drug-likeness (QED) is 0.236. The molecule has 0 atom stereocenters. The zero-order valence-electron chi connectivity index (χ0n) is 27.5. The maximum absolute atomic E-state index is 14.0. The molecular formula is C31H40FN7O6S. The number of benzene rings is 1. The number of Topliss-reactive ketones (excluding diaryl/α,β-unsaturated/α-hetero) is 1. The molecule has 0 aliphatic rings. The zero-order chi connectivity index (χ0) is 34.6. The van der Waals surface area contributed by atoms with Gasteiger partial charge >= 0.3 is 5.69 Å². The number of ketones is 1. The van der Waals surface area contributed by atoms with Crippen LogP contribution in [0.1, 0.15) is 59.6 Å². The number of amides is 1. The molecular weight excluding hydrogens is 617 g/mol. The van der Waals surface area contributed by atoms with Crippen molar-refractivity contribution in [3.8, 4) is 10.8 Å². The van der Waals surface area contributed by atoms with Gasteiger partial charge in [-0.2, -0.15) is 15.1 Å². The van der Waals surface area contributed by atoms with Crippen LogP contribution in [-0.2, 0) is 28.1 Å². The van der Waals surface area contributed by atoms with Gasteiger partial charge in [0.25, 0.3) is 5.56 Å². The third kappa shape index (κ3) is 7.46. The smallest absolute Gasteiger partial charge is 0.333 e. The number of aryl methyl sites for hydroxylation is 3. The summed E-state index contributed by atoms with van der Waals surface area (Å²) in [6, 6.07) is 4.00. The number of carbonyl (C=O) groups excluding carboxylic acids is 2. The summed E-state index contributed by atoms with van der Waals surface area (Å²) in [6.45, 7) is 13.5. The Morgan fingerprint density at radius 2 is 1.76 bits per heavy atom. The summed E-state index contributed by atoms with van der Waals surface area (Å²) in [4.78, 5) is 63.0. The summed E-state index contributed by atoms with van der Waals surface area (Å²) >= 11 is 1.20. The molecule has 0 spiro atoms. The number of aromatic nitrogens is 5. The highest BCUT2D eigenvalue weighted by Gasteiger charge is 2.36. The fourth-order valence-electron chi connectivity index (χ4n) is 4.52. The molecule has 0 fully saturated rings. The molecule has 0 aliphatic heterocycles. The van der Waals surface area contributed by atoms with Crippen LogP contribution in [0.3, 0.4) is 0 Å². The Labute approximate surface area is 269 Å². The van der Waals surface area contributed by atoms with E-state index in [1.165, 1.54) is 79.2 Å². The summed E-state index contributed by atoms with van der Waals surface area (Å²) in [7, 11) is 1.49. The molecule has 0 radical (unpaired) electrons. The van der Waals surface area contributed by atoms with E-state index in [2.05, 4.69) is 20.7 Å². The second-order valence-electron chi connectivity index (χ2n) is 12.2. The van der Waals surface area contributed by atoms with Crippen molar-refractivity contribution in [1.29, 1.82) is 0 Å². The Kier molecular flexibility index (Phi) is 11.2. The first-order chi connectivity index (χ1) is 21.5. The lowest BCUT2D eigenvalue weighted by atomic mass is 9.89. The number of rotatable bonds is 11. The van der Waals surface area contributed by atoms with E-state index in [1.54, 1.807) is 34.6 Å². The topological polar surface area (TPSA) is 160 Å². The van der Waals surface area contributed by atoms with Gasteiger partial charge in [0.2, 0.25) is 5.91 Å². The lowest BCUT2D eigenvalue weighted by Crippen LogP contribution is -2.56. The average molecular weight is 658 g/mol. The van der Waals surface area contributed by atoms with Gasteiger partial charge in [0.05, 0.1) is 31.4 Å². The number of thiophene rings is 1. The van der Waals surface area contributed by atoms with Crippen LogP contribution in [0.5, 0.6) is 5.75 Å². The Balaban J connectivity index is 0.000000559. The Morgan fingerprint density at radius 1 is 1.13 bits per heavy atom. The van der Waals surface area contributed by atoms with Crippen molar-refractivity contribution in [3.05, 3.63) is 73.3 Å². The second-order valence-corrected chi connectivity index (χ2v) is 13.2. The molecule has 4 rings (SSSR count). The van der Waals surface area contributed by atoms with Crippen LogP contribution in [-0.4, -0.2) is 55.5 Å². The summed E-state index contributed by atoms with van der Waals surface area (Å²) in [6.07, 6.45) is 3.29. The van der Waals surface area contributed by atoms with Crippen molar-refractivity contribution >= 4 is 33.2 Å². The molecule has 0 unspecified atom stereocenters. The highest BCUT2D eigenvalue weighted by atomic mass is 32.1. The SMILES string of the molecule is CC(=O)C(C)(C)CN=O.COc1ccc(F)cc1CCn1c(=O)n(C(C)(C)C(=O)NC(C)C)c(=O)c2c(C)c(-n3nccn3)sc21. The molecule has 3 heterocycles. The highest BCUT2D eigenvalue weighted by Crippen LogP contribution is 2.31. The lowest BCUT2D eigenvalue weighted by molar-refractivity contribution is -0.129. The van der Waals surface area contributed by atoms with E-state index in [4.69, 9.17) is 4.74 Å². The van der Waals surface area contributed by atoms with Gasteiger partial charge in [-0.05, 0) is 71.7 Å². The lowest BCUT2D eigenvalue weighted by Gasteiger charge is -2.27. The molecule has 13 nitrogen and oxygen atoms in total. The van der Waals surface area contributed by atoms with E-state index in [-0.39, 0.29) is 31.3 Å². The van der Waals surface area contributed by atoms with Gasteiger partial charge in [-0.3, -0.25) is 19.0 Å². The first-order valence-corrected chi connectivity index (χ1v) is 15.4. The fraction of sp³-hybridized carbons (Fsp3) is 0.484. The van der Waals surface area contributed by atoms with Crippen LogP contribution < -0.4 is 21.3 Å². The first kappa shape index (κ1) is 35.9. The minimum absolute atomic E-state index is 0.00194. The van der Waals surface area contributed by atoms with Crippen LogP contribution in [0.25, 0.3) is 15.2 Å². The average Bonchev–Trinajstić information content (AvgIpc) is 3.61. The number of carbonyl (C=O) groups is 2. The van der Waals surface area contributed by atoms with Crippen LogP contribution in [0.4, 0.5) is 4.39 Å². The minimum Gasteiger partial charge on any atom is -0.496 e. The number of nitroso groups, excluding NO2 is 1. The van der Waals surface area contributed by atoms with Crippen LogP contribution in [0.15, 0.2) is 45.4 Å². The third-order valence-electron chi connectivity index (χ3n) is 7.58. The third-order valence-corrected chi connectivity index (χ3v) is 8.86. The Morgan fingerprint density at radius 3 is 2.28 bits per heavy atom. The van der Waals surface area contributed by atoms with Gasteiger partial charge in [-0.15, -0.1) is 4.80 Å². The van der Waals surface area contributed by atoms with Crippen LogP contribution in [0, 0.1) is 23.1 Å². The summed E-state index contributed by atoms with van der Waals surface area (Å²) < 4.78 is 21.8. The molecule has 15 heteroatoms. The van der Waals surface area contributed by atoms with Gasteiger partial charge in [0, 0.05) is 23.6 Å². The van der Waals surface area contributed by atoms with Crippen molar-refractivity contribution in [2.75, 3.05) is 13.7 Å². The maximum Gasteiger partial charge on any atom is 0.333 e. The number of nitrogens with zero attached hydrogens (tertiary/aromatic N) is 6. The predicted molar refractivity (Wildman–Crippen MR) is 174 cm³/mol. The van der Waals surface area contributed by atoms with Crippen molar-refractivity contribution in [3.63, 3.8) is 0 Å².